The standard InChI is InChI=1S/C18H20ClNO3/c1-13(21)23-17-7-5-14(6-8-17)9-10-20-12-18(22)15-3-2-4-16(19)11-15/h2-8,11,18,20,22H,9-10,12H2,1H3. The van der Waals surface area contributed by atoms with Gasteiger partial charge in [-0.3, -0.25) is 4.79 Å². The van der Waals surface area contributed by atoms with E-state index in [9.17, 15) is 9.90 Å². The third-order valence-corrected chi connectivity index (χ3v) is 3.58. The van der Waals surface area contributed by atoms with E-state index < -0.39 is 6.10 Å². The molecule has 0 aliphatic heterocycles. The normalized spacial score (nSPS) is 12.0. The highest BCUT2D eigenvalue weighted by Gasteiger charge is 2.07. The highest BCUT2D eigenvalue weighted by atomic mass is 35.5. The van der Waals surface area contributed by atoms with Crippen molar-refractivity contribution in [2.45, 2.75) is 19.4 Å². The first kappa shape index (κ1) is 17.5. The number of benzene rings is 2. The van der Waals surface area contributed by atoms with Crippen molar-refractivity contribution in [3.63, 3.8) is 0 Å². The van der Waals surface area contributed by atoms with Gasteiger partial charge in [0.2, 0.25) is 0 Å². The van der Waals surface area contributed by atoms with Gasteiger partial charge in [-0.1, -0.05) is 35.9 Å². The third-order valence-electron chi connectivity index (χ3n) is 3.35. The number of hydrogen-bond acceptors (Lipinski definition) is 4. The number of carbonyl (C=O) groups excluding carboxylic acids is 1. The summed E-state index contributed by atoms with van der Waals surface area (Å²) in [6.45, 7) is 2.58. The number of esters is 1. The smallest absolute Gasteiger partial charge is 0.308 e. The Hall–Kier alpha value is -1.88. The van der Waals surface area contributed by atoms with Crippen LogP contribution in [-0.2, 0) is 11.2 Å². The predicted molar refractivity (Wildman–Crippen MR) is 90.7 cm³/mol. The first-order chi connectivity index (χ1) is 11.0. The molecule has 0 radical (unpaired) electrons. The highest BCUT2D eigenvalue weighted by Crippen LogP contribution is 2.17. The lowest BCUT2D eigenvalue weighted by Crippen LogP contribution is -2.23. The van der Waals surface area contributed by atoms with E-state index in [4.69, 9.17) is 16.3 Å². The van der Waals surface area contributed by atoms with Crippen LogP contribution in [-0.4, -0.2) is 24.2 Å². The van der Waals surface area contributed by atoms with Gasteiger partial charge in [-0.05, 0) is 48.4 Å². The lowest BCUT2D eigenvalue weighted by atomic mass is 10.1. The minimum absolute atomic E-state index is 0.325. The fourth-order valence-corrected chi connectivity index (χ4v) is 2.39. The lowest BCUT2D eigenvalue weighted by molar-refractivity contribution is -0.131. The van der Waals surface area contributed by atoms with Crippen molar-refractivity contribution in [2.24, 2.45) is 0 Å². The molecule has 0 bridgehead atoms. The molecule has 2 N–H and O–H groups in total. The summed E-state index contributed by atoms with van der Waals surface area (Å²) in [4.78, 5) is 10.8. The first-order valence-electron chi connectivity index (χ1n) is 7.46. The topological polar surface area (TPSA) is 58.6 Å². The molecule has 122 valence electrons. The van der Waals surface area contributed by atoms with Gasteiger partial charge in [0.05, 0.1) is 6.10 Å². The molecule has 2 aromatic carbocycles. The molecule has 0 amide bonds. The highest BCUT2D eigenvalue weighted by molar-refractivity contribution is 6.30. The number of rotatable bonds is 7. The van der Waals surface area contributed by atoms with Crippen molar-refractivity contribution in [3.05, 3.63) is 64.7 Å². The molecule has 0 aromatic heterocycles. The van der Waals surface area contributed by atoms with Crippen molar-refractivity contribution in [2.75, 3.05) is 13.1 Å². The van der Waals surface area contributed by atoms with E-state index in [0.29, 0.717) is 17.3 Å². The Kier molecular flexibility index (Phi) is 6.59. The van der Waals surface area contributed by atoms with Crippen molar-refractivity contribution < 1.29 is 14.6 Å². The molecule has 0 heterocycles. The van der Waals surface area contributed by atoms with Crippen LogP contribution < -0.4 is 10.1 Å². The van der Waals surface area contributed by atoms with Crippen LogP contribution in [0.3, 0.4) is 0 Å². The van der Waals surface area contributed by atoms with Gasteiger partial charge < -0.3 is 15.2 Å². The maximum Gasteiger partial charge on any atom is 0.308 e. The van der Waals surface area contributed by atoms with Crippen molar-refractivity contribution in [3.8, 4) is 5.75 Å². The van der Waals surface area contributed by atoms with Crippen LogP contribution in [0.4, 0.5) is 0 Å². The summed E-state index contributed by atoms with van der Waals surface area (Å²) in [6.07, 6.45) is 0.239. The monoisotopic (exact) mass is 333 g/mol. The molecule has 0 spiro atoms. The van der Waals surface area contributed by atoms with Gasteiger partial charge in [0.15, 0.2) is 0 Å². The summed E-state index contributed by atoms with van der Waals surface area (Å²) < 4.78 is 4.99. The molecule has 4 nitrogen and oxygen atoms in total. The Bertz CT molecular complexity index is 643. The number of carbonyl (C=O) groups is 1. The van der Waals surface area contributed by atoms with Gasteiger partial charge >= 0.3 is 5.97 Å². The molecule has 0 aliphatic carbocycles. The van der Waals surface area contributed by atoms with Gasteiger partial charge in [-0.15, -0.1) is 0 Å². The SMILES string of the molecule is CC(=O)Oc1ccc(CCNCC(O)c2cccc(Cl)c2)cc1. The Balaban J connectivity index is 1.73. The molecule has 23 heavy (non-hydrogen) atoms. The molecule has 0 saturated heterocycles. The van der Waals surface area contributed by atoms with Gasteiger partial charge in [0.25, 0.3) is 0 Å². The minimum Gasteiger partial charge on any atom is -0.427 e. The van der Waals surface area contributed by atoms with Crippen molar-refractivity contribution in [1.29, 1.82) is 0 Å². The third kappa shape index (κ3) is 6.02. The zero-order chi connectivity index (χ0) is 16.7. The summed E-state index contributed by atoms with van der Waals surface area (Å²) in [5, 5.41) is 13.9. The lowest BCUT2D eigenvalue weighted by Gasteiger charge is -2.12. The fourth-order valence-electron chi connectivity index (χ4n) is 2.19. The number of aliphatic hydroxyl groups excluding tert-OH is 1. The van der Waals surface area contributed by atoms with Crippen LogP contribution in [0.15, 0.2) is 48.5 Å². The van der Waals surface area contributed by atoms with Gasteiger partial charge in [0.1, 0.15) is 5.75 Å². The first-order valence-corrected chi connectivity index (χ1v) is 7.84. The molecule has 0 aliphatic rings. The van der Waals surface area contributed by atoms with Crippen LogP contribution >= 0.6 is 11.6 Å². The predicted octanol–water partition coefficient (Wildman–Crippen LogP) is 3.13. The van der Waals surface area contributed by atoms with Crippen LogP contribution in [0.2, 0.25) is 5.02 Å². The summed E-state index contributed by atoms with van der Waals surface area (Å²) in [5.74, 6) is 0.222. The molecule has 5 heteroatoms. The van der Waals surface area contributed by atoms with Crippen LogP contribution in [0.5, 0.6) is 5.75 Å². The van der Waals surface area contributed by atoms with Crippen molar-refractivity contribution >= 4 is 17.6 Å². The molecule has 1 atom stereocenters. The molecular weight excluding hydrogens is 314 g/mol. The number of aliphatic hydroxyl groups is 1. The molecule has 1 unspecified atom stereocenters. The molecule has 2 rings (SSSR count). The van der Waals surface area contributed by atoms with Crippen molar-refractivity contribution in [1.82, 2.24) is 5.32 Å². The van der Waals surface area contributed by atoms with Crippen LogP contribution in [0.25, 0.3) is 0 Å². The van der Waals surface area contributed by atoms with Gasteiger partial charge in [-0.25, -0.2) is 0 Å². The van der Waals surface area contributed by atoms with E-state index in [0.717, 1.165) is 24.1 Å². The second-order valence-corrected chi connectivity index (χ2v) is 5.70. The quantitative estimate of drug-likeness (QED) is 0.464. The Labute approximate surface area is 141 Å². The maximum atomic E-state index is 10.8. The second kappa shape index (κ2) is 8.67. The summed E-state index contributed by atoms with van der Waals surface area (Å²) in [7, 11) is 0. The Morgan fingerprint density at radius 1 is 1.26 bits per heavy atom. The van der Waals surface area contributed by atoms with E-state index in [-0.39, 0.29) is 5.97 Å². The van der Waals surface area contributed by atoms with Gasteiger partial charge in [0, 0.05) is 18.5 Å². The van der Waals surface area contributed by atoms with E-state index in [2.05, 4.69) is 5.32 Å². The second-order valence-electron chi connectivity index (χ2n) is 5.26. The molecule has 0 saturated carbocycles. The van der Waals surface area contributed by atoms with E-state index in [1.165, 1.54) is 6.92 Å². The van der Waals surface area contributed by atoms with E-state index in [1.807, 2.05) is 24.3 Å². The zero-order valence-electron chi connectivity index (χ0n) is 13.0. The average Bonchev–Trinajstić information content (AvgIpc) is 2.52. The summed E-state index contributed by atoms with van der Waals surface area (Å²) in [6, 6.07) is 14.6. The zero-order valence-corrected chi connectivity index (χ0v) is 13.7. The molecule has 0 fully saturated rings. The Morgan fingerprint density at radius 2 is 2.00 bits per heavy atom. The maximum absolute atomic E-state index is 10.8. The summed E-state index contributed by atoms with van der Waals surface area (Å²) in [5.41, 5.74) is 1.93. The number of nitrogens with one attached hydrogen (secondary N) is 1. The molecule has 2 aromatic rings. The Morgan fingerprint density at radius 3 is 2.65 bits per heavy atom. The van der Waals surface area contributed by atoms with Gasteiger partial charge in [-0.2, -0.15) is 0 Å². The molecular formula is C18H20ClNO3. The largest absolute Gasteiger partial charge is 0.427 e. The van der Waals surface area contributed by atoms with E-state index in [1.54, 1.807) is 24.3 Å². The van der Waals surface area contributed by atoms with E-state index >= 15 is 0 Å². The average molecular weight is 334 g/mol. The fraction of sp³-hybridized carbons (Fsp3) is 0.278. The summed E-state index contributed by atoms with van der Waals surface area (Å²) >= 11 is 5.91. The minimum atomic E-state index is -0.583. The number of halogens is 1. The van der Waals surface area contributed by atoms with Crippen LogP contribution in [0, 0.1) is 0 Å². The van der Waals surface area contributed by atoms with Crippen LogP contribution in [0.1, 0.15) is 24.2 Å². The number of hydrogen-bond donors (Lipinski definition) is 2. The number of ether oxygens (including phenoxy) is 1.